The lowest BCUT2D eigenvalue weighted by atomic mass is 10.0. The summed E-state index contributed by atoms with van der Waals surface area (Å²) < 4.78 is 21.6. The predicted molar refractivity (Wildman–Crippen MR) is 141 cm³/mol. The minimum Gasteiger partial charge on any atom is -0.494 e. The van der Waals surface area contributed by atoms with E-state index in [4.69, 9.17) is 18.9 Å². The van der Waals surface area contributed by atoms with Crippen molar-refractivity contribution in [3.05, 3.63) is 95.6 Å². The number of benzene rings is 4. The van der Waals surface area contributed by atoms with Crippen LogP contribution in [-0.2, 0) is 0 Å². The second-order valence-corrected chi connectivity index (χ2v) is 7.81. The lowest BCUT2D eigenvalue weighted by Crippen LogP contribution is -2.18. The molecule has 0 bridgehead atoms. The zero-order valence-corrected chi connectivity index (χ0v) is 20.7. The van der Waals surface area contributed by atoms with Crippen molar-refractivity contribution in [2.75, 3.05) is 20.8 Å². The Labute approximate surface area is 214 Å². The molecule has 0 saturated heterocycles. The molecule has 0 saturated carbocycles. The monoisotopic (exact) mass is 498 g/mol. The van der Waals surface area contributed by atoms with Crippen LogP contribution in [0.25, 0.3) is 10.8 Å². The highest BCUT2D eigenvalue weighted by Gasteiger charge is 2.15. The van der Waals surface area contributed by atoms with Gasteiger partial charge in [0.1, 0.15) is 11.5 Å². The number of esters is 1. The molecule has 0 heterocycles. The summed E-state index contributed by atoms with van der Waals surface area (Å²) in [6.07, 6.45) is 1.46. The van der Waals surface area contributed by atoms with Crippen LogP contribution in [0.5, 0.6) is 23.0 Å². The highest BCUT2D eigenvalue weighted by Crippen LogP contribution is 2.29. The fraction of sp³-hybridized carbons (Fsp3) is 0.138. The van der Waals surface area contributed by atoms with Crippen LogP contribution in [0.15, 0.2) is 84.0 Å². The molecule has 1 amide bonds. The van der Waals surface area contributed by atoms with Crippen molar-refractivity contribution < 1.29 is 28.5 Å². The van der Waals surface area contributed by atoms with Gasteiger partial charge < -0.3 is 18.9 Å². The van der Waals surface area contributed by atoms with Crippen molar-refractivity contribution in [1.29, 1.82) is 0 Å². The number of methoxy groups -OCH3 is 2. The molecule has 4 aromatic rings. The molecule has 4 aromatic carbocycles. The van der Waals surface area contributed by atoms with Crippen molar-refractivity contribution in [3.8, 4) is 23.0 Å². The van der Waals surface area contributed by atoms with Gasteiger partial charge in [0.25, 0.3) is 5.91 Å². The van der Waals surface area contributed by atoms with E-state index in [-0.39, 0.29) is 0 Å². The fourth-order valence-electron chi connectivity index (χ4n) is 3.71. The first kappa shape index (κ1) is 25.2. The highest BCUT2D eigenvalue weighted by atomic mass is 16.5. The van der Waals surface area contributed by atoms with E-state index >= 15 is 0 Å². The number of hydrogen-bond donors (Lipinski definition) is 1. The van der Waals surface area contributed by atoms with E-state index < -0.39 is 11.9 Å². The van der Waals surface area contributed by atoms with Gasteiger partial charge >= 0.3 is 5.97 Å². The maximum absolute atomic E-state index is 12.9. The molecule has 0 aliphatic heterocycles. The standard InChI is InChI=1S/C29H26N2O6/c1-4-36-22-13-9-20(10-14-22)29(33)37-25-15-11-19-7-5-6-8-23(19)24(25)18-30-31-28(32)21-12-16-26(34-2)27(17-21)35-3/h5-18H,4H2,1-3H3,(H,31,32)/b30-18-. The third-order valence-electron chi connectivity index (χ3n) is 5.54. The summed E-state index contributed by atoms with van der Waals surface area (Å²) in [5, 5.41) is 5.87. The molecule has 1 N–H and O–H groups in total. The maximum Gasteiger partial charge on any atom is 0.343 e. The van der Waals surface area contributed by atoms with Crippen LogP contribution in [0.2, 0.25) is 0 Å². The van der Waals surface area contributed by atoms with Crippen LogP contribution in [0.4, 0.5) is 0 Å². The minimum atomic E-state index is -0.526. The Bertz CT molecular complexity index is 1450. The maximum atomic E-state index is 12.9. The smallest absolute Gasteiger partial charge is 0.343 e. The Balaban J connectivity index is 1.58. The Hall–Kier alpha value is -4.85. The molecule has 8 heteroatoms. The Morgan fingerprint density at radius 1 is 0.838 bits per heavy atom. The summed E-state index contributed by atoms with van der Waals surface area (Å²) in [6, 6.07) is 22.7. The van der Waals surface area contributed by atoms with Gasteiger partial charge in [0, 0.05) is 11.1 Å². The van der Waals surface area contributed by atoms with E-state index in [1.54, 1.807) is 48.5 Å². The topological polar surface area (TPSA) is 95.5 Å². The average Bonchev–Trinajstić information content (AvgIpc) is 2.94. The molecule has 0 unspecified atom stereocenters. The second kappa shape index (κ2) is 11.7. The van der Waals surface area contributed by atoms with E-state index in [1.165, 1.54) is 20.4 Å². The number of nitrogens with one attached hydrogen (secondary N) is 1. The first-order valence-corrected chi connectivity index (χ1v) is 11.6. The van der Waals surface area contributed by atoms with E-state index in [0.717, 1.165) is 10.8 Å². The molecule has 4 rings (SSSR count). The van der Waals surface area contributed by atoms with Crippen LogP contribution in [0, 0.1) is 0 Å². The van der Waals surface area contributed by atoms with Crippen LogP contribution in [-0.4, -0.2) is 38.9 Å². The fourth-order valence-corrected chi connectivity index (χ4v) is 3.71. The number of hydrogen-bond acceptors (Lipinski definition) is 7. The first-order valence-electron chi connectivity index (χ1n) is 11.6. The Morgan fingerprint density at radius 3 is 2.27 bits per heavy atom. The zero-order valence-electron chi connectivity index (χ0n) is 20.7. The predicted octanol–water partition coefficient (Wildman–Crippen LogP) is 5.24. The van der Waals surface area contributed by atoms with Gasteiger partial charge in [-0.05, 0) is 66.2 Å². The van der Waals surface area contributed by atoms with Crippen LogP contribution in [0.3, 0.4) is 0 Å². The van der Waals surface area contributed by atoms with Crippen molar-refractivity contribution in [3.63, 3.8) is 0 Å². The SMILES string of the molecule is CCOc1ccc(C(=O)Oc2ccc3ccccc3c2/C=N\NC(=O)c2ccc(OC)c(OC)c2)cc1. The van der Waals surface area contributed by atoms with E-state index in [0.29, 0.717) is 46.3 Å². The van der Waals surface area contributed by atoms with Gasteiger partial charge in [0.05, 0.1) is 32.6 Å². The van der Waals surface area contributed by atoms with Crippen molar-refractivity contribution in [2.45, 2.75) is 6.92 Å². The van der Waals surface area contributed by atoms with E-state index in [2.05, 4.69) is 10.5 Å². The average molecular weight is 499 g/mol. The van der Waals surface area contributed by atoms with Gasteiger partial charge in [-0.1, -0.05) is 30.3 Å². The molecule has 0 fully saturated rings. The molecular weight excluding hydrogens is 472 g/mol. The summed E-state index contributed by atoms with van der Waals surface area (Å²) in [5.41, 5.74) is 3.78. The summed E-state index contributed by atoms with van der Waals surface area (Å²) in [7, 11) is 3.01. The summed E-state index contributed by atoms with van der Waals surface area (Å²) in [6.45, 7) is 2.42. The number of carbonyl (C=O) groups excluding carboxylic acids is 2. The normalized spacial score (nSPS) is 10.8. The summed E-state index contributed by atoms with van der Waals surface area (Å²) in [4.78, 5) is 25.5. The quantitative estimate of drug-likeness (QED) is 0.147. The Kier molecular flexibility index (Phi) is 8.00. The highest BCUT2D eigenvalue weighted by molar-refractivity contribution is 6.04. The van der Waals surface area contributed by atoms with Crippen LogP contribution in [0.1, 0.15) is 33.2 Å². The number of rotatable bonds is 9. The van der Waals surface area contributed by atoms with Gasteiger partial charge in [0.2, 0.25) is 0 Å². The number of ether oxygens (including phenoxy) is 4. The first-order chi connectivity index (χ1) is 18.0. The largest absolute Gasteiger partial charge is 0.494 e. The third kappa shape index (κ3) is 5.87. The number of nitrogens with zero attached hydrogens (tertiary/aromatic N) is 1. The molecule has 0 aromatic heterocycles. The number of hydrazone groups is 1. The van der Waals surface area contributed by atoms with E-state index in [9.17, 15) is 9.59 Å². The van der Waals surface area contributed by atoms with Gasteiger partial charge in [-0.15, -0.1) is 0 Å². The molecule has 0 aliphatic carbocycles. The second-order valence-electron chi connectivity index (χ2n) is 7.81. The zero-order chi connectivity index (χ0) is 26.2. The lowest BCUT2D eigenvalue weighted by molar-refractivity contribution is 0.0734. The minimum absolute atomic E-state index is 0.307. The Morgan fingerprint density at radius 2 is 1.54 bits per heavy atom. The van der Waals surface area contributed by atoms with Gasteiger partial charge in [-0.25, -0.2) is 10.2 Å². The molecule has 37 heavy (non-hydrogen) atoms. The molecule has 0 spiro atoms. The number of fused-ring (bicyclic) bond motifs is 1. The van der Waals surface area contributed by atoms with Crippen molar-refractivity contribution in [2.24, 2.45) is 5.10 Å². The molecule has 0 radical (unpaired) electrons. The molecule has 0 atom stereocenters. The van der Waals surface area contributed by atoms with Gasteiger partial charge in [0.15, 0.2) is 11.5 Å². The molecule has 0 aliphatic rings. The van der Waals surface area contributed by atoms with Crippen LogP contribution < -0.4 is 24.4 Å². The number of carbonyl (C=O) groups is 2. The van der Waals surface area contributed by atoms with Crippen molar-refractivity contribution in [1.82, 2.24) is 5.43 Å². The lowest BCUT2D eigenvalue weighted by Gasteiger charge is -2.11. The summed E-state index contributed by atoms with van der Waals surface area (Å²) >= 11 is 0. The van der Waals surface area contributed by atoms with Crippen molar-refractivity contribution >= 4 is 28.9 Å². The van der Waals surface area contributed by atoms with E-state index in [1.807, 2.05) is 37.3 Å². The van der Waals surface area contributed by atoms with Gasteiger partial charge in [-0.2, -0.15) is 5.10 Å². The summed E-state index contributed by atoms with van der Waals surface area (Å²) in [5.74, 6) is 0.950. The van der Waals surface area contributed by atoms with Crippen LogP contribution >= 0.6 is 0 Å². The molecule has 188 valence electrons. The molecular formula is C29H26N2O6. The number of amides is 1. The van der Waals surface area contributed by atoms with Gasteiger partial charge in [-0.3, -0.25) is 4.79 Å². The third-order valence-corrected chi connectivity index (χ3v) is 5.54. The molecule has 8 nitrogen and oxygen atoms in total.